The summed E-state index contributed by atoms with van der Waals surface area (Å²) in [7, 11) is 1.61. The molecule has 0 saturated heterocycles. The molecule has 0 saturated carbocycles. The van der Waals surface area contributed by atoms with E-state index in [0.29, 0.717) is 45.9 Å². The van der Waals surface area contributed by atoms with Crippen molar-refractivity contribution in [1.29, 1.82) is 0 Å². The maximum Gasteiger partial charge on any atom is 0.266 e. The molecule has 3 aromatic carbocycles. The number of benzene rings is 3. The van der Waals surface area contributed by atoms with Crippen molar-refractivity contribution >= 4 is 40.5 Å². The second-order valence-corrected chi connectivity index (χ2v) is 8.25. The number of amides is 1. The van der Waals surface area contributed by atoms with Gasteiger partial charge in [-0.1, -0.05) is 53.5 Å². The molecule has 6 nitrogen and oxygen atoms in total. The monoisotopic (exact) mass is 483 g/mol. The number of para-hydroxylation sites is 1. The van der Waals surface area contributed by atoms with Gasteiger partial charge in [-0.3, -0.25) is 9.79 Å². The Morgan fingerprint density at radius 1 is 1.09 bits per heavy atom. The minimum Gasteiger partial charge on any atom is -0.497 e. The van der Waals surface area contributed by atoms with Crippen LogP contribution in [0.4, 0.5) is 5.69 Å². The highest BCUT2D eigenvalue weighted by Crippen LogP contribution is 2.37. The van der Waals surface area contributed by atoms with Gasteiger partial charge in [-0.25, -0.2) is 0 Å². The van der Waals surface area contributed by atoms with Crippen LogP contribution in [-0.4, -0.2) is 31.5 Å². The van der Waals surface area contributed by atoms with Gasteiger partial charge >= 0.3 is 0 Å². The zero-order chi connectivity index (χ0) is 23.5. The van der Waals surface area contributed by atoms with Crippen molar-refractivity contribution in [2.75, 3.05) is 18.6 Å². The molecule has 8 heteroatoms. The first-order chi connectivity index (χ1) is 15.9. The Morgan fingerprint density at radius 3 is 2.52 bits per heavy atom. The van der Waals surface area contributed by atoms with Gasteiger partial charge in [0.15, 0.2) is 6.17 Å². The van der Waals surface area contributed by atoms with Gasteiger partial charge in [0.1, 0.15) is 11.5 Å². The van der Waals surface area contributed by atoms with E-state index >= 15 is 0 Å². The molecule has 0 unspecified atom stereocenters. The van der Waals surface area contributed by atoms with Gasteiger partial charge in [0.25, 0.3) is 5.91 Å². The zero-order valence-electron chi connectivity index (χ0n) is 18.2. The molecule has 0 radical (unpaired) electrons. The van der Waals surface area contributed by atoms with Crippen molar-refractivity contribution in [2.45, 2.75) is 19.6 Å². The highest BCUT2D eigenvalue weighted by Gasteiger charge is 2.32. The van der Waals surface area contributed by atoms with E-state index in [1.54, 1.807) is 24.1 Å². The predicted molar refractivity (Wildman–Crippen MR) is 132 cm³/mol. The molecule has 1 aliphatic heterocycles. The average Bonchev–Trinajstić information content (AvgIpc) is 2.90. The third-order valence-electron chi connectivity index (χ3n) is 5.29. The summed E-state index contributed by atoms with van der Waals surface area (Å²) in [6.45, 7) is 2.60. The summed E-state index contributed by atoms with van der Waals surface area (Å²) in [4.78, 5) is 19.6. The molecule has 0 fully saturated rings. The lowest BCUT2D eigenvalue weighted by Gasteiger charge is -2.24. The molecule has 0 spiro atoms. The largest absolute Gasteiger partial charge is 0.497 e. The van der Waals surface area contributed by atoms with E-state index in [-0.39, 0.29) is 5.91 Å². The number of nitrogens with two attached hydrogens (primary N) is 1. The third-order valence-corrected chi connectivity index (χ3v) is 5.81. The van der Waals surface area contributed by atoms with Crippen molar-refractivity contribution in [3.63, 3.8) is 0 Å². The molecule has 1 atom stereocenters. The van der Waals surface area contributed by atoms with Crippen LogP contribution in [0.3, 0.4) is 0 Å². The number of fused-ring (bicyclic) bond motifs is 1. The number of ether oxygens (including phenoxy) is 2. The lowest BCUT2D eigenvalue weighted by molar-refractivity contribution is -0.119. The predicted octanol–water partition coefficient (Wildman–Crippen LogP) is 5.07. The standard InChI is InChI=1S/C25H23Cl2N3O3/c1-3-33-21-13-16(26)12-19(27)22(21)23-18-6-4-5-7-20(18)30(25(31)24(28)29-23)14-15-8-10-17(32-2)11-9-15/h4-13,24H,3,14,28H2,1-2H3/t24-/m0/s1. The third kappa shape index (κ3) is 4.69. The summed E-state index contributed by atoms with van der Waals surface area (Å²) in [5.74, 6) is 0.896. The van der Waals surface area contributed by atoms with E-state index < -0.39 is 6.17 Å². The van der Waals surface area contributed by atoms with Crippen LogP contribution < -0.4 is 20.1 Å². The van der Waals surface area contributed by atoms with E-state index in [9.17, 15) is 4.79 Å². The Balaban J connectivity index is 1.85. The van der Waals surface area contributed by atoms with Gasteiger partial charge in [0.05, 0.1) is 42.2 Å². The van der Waals surface area contributed by atoms with Gasteiger partial charge in [-0.15, -0.1) is 0 Å². The van der Waals surface area contributed by atoms with Crippen molar-refractivity contribution in [3.8, 4) is 11.5 Å². The van der Waals surface area contributed by atoms with E-state index in [1.807, 2.05) is 55.5 Å². The first-order valence-corrected chi connectivity index (χ1v) is 11.2. The summed E-state index contributed by atoms with van der Waals surface area (Å²) in [5.41, 5.74) is 9.62. The number of benzodiazepines with no additional fused rings is 1. The molecule has 0 aliphatic carbocycles. The second-order valence-electron chi connectivity index (χ2n) is 7.41. The maximum absolute atomic E-state index is 13.3. The lowest BCUT2D eigenvalue weighted by Crippen LogP contribution is -2.41. The molecule has 1 amide bonds. The van der Waals surface area contributed by atoms with Crippen molar-refractivity contribution < 1.29 is 14.3 Å². The molecule has 0 aromatic heterocycles. The zero-order valence-corrected chi connectivity index (χ0v) is 19.7. The van der Waals surface area contributed by atoms with Crippen LogP contribution >= 0.6 is 23.2 Å². The Bertz CT molecular complexity index is 1210. The Kier molecular flexibility index (Phi) is 6.88. The van der Waals surface area contributed by atoms with Gasteiger partial charge in [-0.05, 0) is 42.8 Å². The molecular weight excluding hydrogens is 461 g/mol. The molecule has 2 N–H and O–H groups in total. The van der Waals surface area contributed by atoms with Crippen molar-refractivity contribution in [3.05, 3.63) is 87.4 Å². The summed E-state index contributed by atoms with van der Waals surface area (Å²) in [6.07, 6.45) is -1.12. The van der Waals surface area contributed by atoms with Crippen molar-refractivity contribution in [1.82, 2.24) is 0 Å². The number of nitrogens with zero attached hydrogens (tertiary/aromatic N) is 2. The van der Waals surface area contributed by atoms with Crippen LogP contribution in [-0.2, 0) is 11.3 Å². The minimum absolute atomic E-state index is 0.322. The SMILES string of the molecule is CCOc1cc(Cl)cc(Cl)c1C1=N[C@H](N)C(=O)N(Cc2ccc(OC)cc2)c2ccccc21. The molecule has 0 bridgehead atoms. The quantitative estimate of drug-likeness (QED) is 0.530. The molecule has 4 rings (SSSR count). The fourth-order valence-corrected chi connectivity index (χ4v) is 4.34. The van der Waals surface area contributed by atoms with Crippen LogP contribution in [0.25, 0.3) is 0 Å². The number of hydrogen-bond donors (Lipinski definition) is 1. The minimum atomic E-state index is -1.12. The fraction of sp³-hybridized carbons (Fsp3) is 0.200. The number of aliphatic imine (C=N–C) groups is 1. The van der Waals surface area contributed by atoms with Crippen LogP contribution in [0.1, 0.15) is 23.6 Å². The summed E-state index contributed by atoms with van der Waals surface area (Å²) >= 11 is 12.8. The fourth-order valence-electron chi connectivity index (χ4n) is 3.78. The molecule has 33 heavy (non-hydrogen) atoms. The van der Waals surface area contributed by atoms with Crippen LogP contribution in [0.5, 0.6) is 11.5 Å². The van der Waals surface area contributed by atoms with Crippen LogP contribution in [0.2, 0.25) is 10.0 Å². The topological polar surface area (TPSA) is 77.2 Å². The first-order valence-electron chi connectivity index (χ1n) is 10.4. The Labute approximate surface area is 202 Å². The Morgan fingerprint density at radius 2 is 1.82 bits per heavy atom. The van der Waals surface area contributed by atoms with Gasteiger partial charge in [0, 0.05) is 10.6 Å². The molecule has 1 heterocycles. The maximum atomic E-state index is 13.3. The number of anilines is 1. The first kappa shape index (κ1) is 23.1. The molecule has 170 valence electrons. The Hall–Kier alpha value is -3.06. The van der Waals surface area contributed by atoms with Gasteiger partial charge in [0.2, 0.25) is 0 Å². The summed E-state index contributed by atoms with van der Waals surface area (Å²) in [5, 5.41) is 0.805. The normalized spacial score (nSPS) is 15.5. The number of carbonyl (C=O) groups excluding carboxylic acids is 1. The van der Waals surface area contributed by atoms with E-state index in [2.05, 4.69) is 4.99 Å². The highest BCUT2D eigenvalue weighted by atomic mass is 35.5. The molecular formula is C25H23Cl2N3O3. The number of carbonyl (C=O) groups is 1. The van der Waals surface area contributed by atoms with Crippen molar-refractivity contribution in [2.24, 2.45) is 10.7 Å². The van der Waals surface area contributed by atoms with E-state index in [0.717, 1.165) is 16.9 Å². The average molecular weight is 484 g/mol. The lowest BCUT2D eigenvalue weighted by atomic mass is 9.99. The highest BCUT2D eigenvalue weighted by molar-refractivity contribution is 6.39. The summed E-state index contributed by atoms with van der Waals surface area (Å²) in [6, 6.07) is 18.4. The van der Waals surface area contributed by atoms with Gasteiger partial charge < -0.3 is 20.1 Å². The summed E-state index contributed by atoms with van der Waals surface area (Å²) < 4.78 is 11.0. The number of hydrogen-bond acceptors (Lipinski definition) is 5. The number of halogens is 2. The number of methoxy groups -OCH3 is 1. The van der Waals surface area contributed by atoms with Crippen LogP contribution in [0, 0.1) is 0 Å². The second kappa shape index (κ2) is 9.83. The molecule has 3 aromatic rings. The molecule has 1 aliphatic rings. The van der Waals surface area contributed by atoms with Crippen LogP contribution in [0.15, 0.2) is 65.7 Å². The van der Waals surface area contributed by atoms with E-state index in [4.69, 9.17) is 38.4 Å². The smallest absolute Gasteiger partial charge is 0.266 e. The number of rotatable bonds is 6. The van der Waals surface area contributed by atoms with Gasteiger partial charge in [-0.2, -0.15) is 0 Å². The van der Waals surface area contributed by atoms with E-state index in [1.165, 1.54) is 0 Å².